The smallest absolute Gasteiger partial charge is 0.253 e. The van der Waals surface area contributed by atoms with Crippen molar-refractivity contribution in [2.24, 2.45) is 0 Å². The van der Waals surface area contributed by atoms with Crippen LogP contribution in [0.25, 0.3) is 0 Å². The highest BCUT2D eigenvalue weighted by molar-refractivity contribution is 5.99. The van der Waals surface area contributed by atoms with Crippen LogP contribution in [-0.4, -0.2) is 23.2 Å². The number of carbonyl (C=O) groups is 1. The number of nitrogens with one attached hydrogen (secondary N) is 1. The lowest BCUT2D eigenvalue weighted by atomic mass is 10.0. The highest BCUT2D eigenvalue weighted by Gasteiger charge is 2.31. The quantitative estimate of drug-likeness (QED) is 0.712. The predicted molar refractivity (Wildman–Crippen MR) is 66.6 cm³/mol. The Labute approximate surface area is 105 Å². The summed E-state index contributed by atoms with van der Waals surface area (Å²) in [5.41, 5.74) is 5.13. The fourth-order valence-corrected chi connectivity index (χ4v) is 2.28. The highest BCUT2D eigenvalue weighted by Crippen LogP contribution is 2.28. The van der Waals surface area contributed by atoms with Crippen molar-refractivity contribution in [1.29, 1.82) is 0 Å². The van der Waals surface area contributed by atoms with E-state index < -0.39 is 17.3 Å². The summed E-state index contributed by atoms with van der Waals surface area (Å²) in [4.78, 5) is 11.8. The zero-order valence-corrected chi connectivity index (χ0v) is 10.1. The minimum absolute atomic E-state index is 0.108. The number of hydrogen-bond acceptors (Lipinski definition) is 3. The van der Waals surface area contributed by atoms with E-state index in [9.17, 15) is 14.3 Å². The predicted octanol–water partition coefficient (Wildman–Crippen LogP) is 1.44. The van der Waals surface area contributed by atoms with Crippen LogP contribution in [-0.2, 0) is 0 Å². The number of halogens is 1. The molecule has 0 spiro atoms. The molecule has 1 aliphatic carbocycles. The van der Waals surface area contributed by atoms with Gasteiger partial charge in [0.25, 0.3) is 5.91 Å². The fraction of sp³-hybridized carbons (Fsp3) is 0.462. The first-order chi connectivity index (χ1) is 8.50. The Hall–Kier alpha value is -1.62. The fourth-order valence-electron chi connectivity index (χ4n) is 2.28. The molecule has 5 heteroatoms. The zero-order chi connectivity index (χ0) is 13.2. The van der Waals surface area contributed by atoms with E-state index in [1.54, 1.807) is 0 Å². The summed E-state index contributed by atoms with van der Waals surface area (Å²) in [5, 5.41) is 12.7. The molecular formula is C13H17FN2O2. The highest BCUT2D eigenvalue weighted by atomic mass is 19.1. The van der Waals surface area contributed by atoms with Gasteiger partial charge in [-0.1, -0.05) is 12.8 Å². The van der Waals surface area contributed by atoms with Gasteiger partial charge < -0.3 is 16.2 Å². The molecule has 18 heavy (non-hydrogen) atoms. The molecule has 0 bridgehead atoms. The maximum atomic E-state index is 13.0. The Morgan fingerprint density at radius 2 is 2.11 bits per heavy atom. The van der Waals surface area contributed by atoms with Crippen LogP contribution in [0.2, 0.25) is 0 Å². The van der Waals surface area contributed by atoms with E-state index in [2.05, 4.69) is 5.32 Å². The Kier molecular flexibility index (Phi) is 3.52. The van der Waals surface area contributed by atoms with Crippen LogP contribution in [0.15, 0.2) is 18.2 Å². The number of nitrogens with two attached hydrogens (primary N) is 1. The van der Waals surface area contributed by atoms with Crippen molar-refractivity contribution in [1.82, 2.24) is 5.32 Å². The Morgan fingerprint density at radius 3 is 2.78 bits per heavy atom. The third-order valence-electron chi connectivity index (χ3n) is 3.37. The lowest BCUT2D eigenvalue weighted by molar-refractivity contribution is 0.0450. The number of carbonyl (C=O) groups excluding carboxylic acids is 1. The molecule has 98 valence electrons. The monoisotopic (exact) mass is 252 g/mol. The lowest BCUT2D eigenvalue weighted by Gasteiger charge is -2.22. The number of aliphatic hydroxyl groups is 1. The third-order valence-corrected chi connectivity index (χ3v) is 3.37. The van der Waals surface area contributed by atoms with Crippen LogP contribution in [0.4, 0.5) is 10.1 Å². The van der Waals surface area contributed by atoms with Gasteiger partial charge in [-0.05, 0) is 31.0 Å². The van der Waals surface area contributed by atoms with E-state index >= 15 is 0 Å². The second-order valence-corrected chi connectivity index (χ2v) is 4.85. The standard InChI is InChI=1S/C13H17FN2O2/c14-9-3-4-11(15)10(7-9)12(17)16-8-13(18)5-1-2-6-13/h3-4,7,18H,1-2,5-6,8,15H2,(H,16,17). The van der Waals surface area contributed by atoms with E-state index in [1.165, 1.54) is 12.1 Å². The van der Waals surface area contributed by atoms with Crippen LogP contribution >= 0.6 is 0 Å². The van der Waals surface area contributed by atoms with Crippen LogP contribution in [0, 0.1) is 5.82 Å². The Balaban J connectivity index is 2.01. The molecule has 4 nitrogen and oxygen atoms in total. The van der Waals surface area contributed by atoms with Crippen molar-refractivity contribution in [3.8, 4) is 0 Å². The van der Waals surface area contributed by atoms with E-state index in [-0.39, 0.29) is 17.8 Å². The van der Waals surface area contributed by atoms with Gasteiger partial charge in [-0.25, -0.2) is 4.39 Å². The molecule has 0 unspecified atom stereocenters. The zero-order valence-electron chi connectivity index (χ0n) is 10.1. The van der Waals surface area contributed by atoms with Crippen molar-refractivity contribution >= 4 is 11.6 Å². The molecule has 2 rings (SSSR count). The molecule has 4 N–H and O–H groups in total. The summed E-state index contributed by atoms with van der Waals surface area (Å²) >= 11 is 0. The van der Waals surface area contributed by atoms with Gasteiger partial charge in [-0.15, -0.1) is 0 Å². The molecule has 1 fully saturated rings. The second kappa shape index (κ2) is 4.94. The van der Waals surface area contributed by atoms with E-state index in [0.29, 0.717) is 12.8 Å². The maximum Gasteiger partial charge on any atom is 0.253 e. The molecule has 0 saturated heterocycles. The van der Waals surface area contributed by atoms with Crippen LogP contribution in [0.1, 0.15) is 36.0 Å². The van der Waals surface area contributed by atoms with E-state index in [1.807, 2.05) is 0 Å². The molecule has 1 aromatic carbocycles. The number of amides is 1. The molecule has 1 amide bonds. The van der Waals surface area contributed by atoms with Crippen LogP contribution in [0.5, 0.6) is 0 Å². The Bertz CT molecular complexity index is 456. The SMILES string of the molecule is Nc1ccc(F)cc1C(=O)NCC1(O)CCCC1. The summed E-state index contributed by atoms with van der Waals surface area (Å²) in [6, 6.07) is 3.66. The van der Waals surface area contributed by atoms with Crippen LogP contribution in [0.3, 0.4) is 0 Å². The summed E-state index contributed by atoms with van der Waals surface area (Å²) in [6.45, 7) is 0.182. The molecule has 0 aliphatic heterocycles. The first-order valence-electron chi connectivity index (χ1n) is 6.06. The van der Waals surface area contributed by atoms with Crippen molar-refractivity contribution in [3.05, 3.63) is 29.6 Å². The minimum Gasteiger partial charge on any atom is -0.398 e. The van der Waals surface area contributed by atoms with E-state index in [0.717, 1.165) is 18.9 Å². The number of hydrogen-bond donors (Lipinski definition) is 3. The van der Waals surface area contributed by atoms with Gasteiger partial charge in [0.2, 0.25) is 0 Å². The molecule has 0 heterocycles. The summed E-state index contributed by atoms with van der Waals surface area (Å²) < 4.78 is 13.0. The van der Waals surface area contributed by atoms with Crippen molar-refractivity contribution < 1.29 is 14.3 Å². The largest absolute Gasteiger partial charge is 0.398 e. The topological polar surface area (TPSA) is 75.4 Å². The van der Waals surface area contributed by atoms with E-state index in [4.69, 9.17) is 5.73 Å². The summed E-state index contributed by atoms with van der Waals surface area (Å²) in [5.74, 6) is -0.957. The third kappa shape index (κ3) is 2.79. The summed E-state index contributed by atoms with van der Waals surface area (Å²) in [6.07, 6.45) is 3.31. The number of rotatable bonds is 3. The molecular weight excluding hydrogens is 235 g/mol. The average Bonchev–Trinajstić information content (AvgIpc) is 2.77. The second-order valence-electron chi connectivity index (χ2n) is 4.85. The van der Waals surface area contributed by atoms with Crippen molar-refractivity contribution in [3.63, 3.8) is 0 Å². The van der Waals surface area contributed by atoms with Gasteiger partial charge in [0, 0.05) is 12.2 Å². The molecule has 0 radical (unpaired) electrons. The first kappa shape index (κ1) is 12.8. The summed E-state index contributed by atoms with van der Waals surface area (Å²) in [7, 11) is 0. The van der Waals surface area contributed by atoms with Crippen LogP contribution < -0.4 is 11.1 Å². The molecule has 0 atom stereocenters. The van der Waals surface area contributed by atoms with Gasteiger partial charge in [-0.2, -0.15) is 0 Å². The average molecular weight is 252 g/mol. The molecule has 0 aromatic heterocycles. The Morgan fingerprint density at radius 1 is 1.44 bits per heavy atom. The van der Waals surface area contributed by atoms with Gasteiger partial charge in [0.1, 0.15) is 5.82 Å². The van der Waals surface area contributed by atoms with Gasteiger partial charge in [0.05, 0.1) is 11.2 Å². The normalized spacial score (nSPS) is 17.7. The molecule has 1 aliphatic rings. The molecule has 1 aromatic rings. The number of benzene rings is 1. The number of nitrogen functional groups attached to an aromatic ring is 1. The maximum absolute atomic E-state index is 13.0. The number of anilines is 1. The molecule has 1 saturated carbocycles. The lowest BCUT2D eigenvalue weighted by Crippen LogP contribution is -2.40. The van der Waals surface area contributed by atoms with Crippen molar-refractivity contribution in [2.45, 2.75) is 31.3 Å². The first-order valence-corrected chi connectivity index (χ1v) is 6.06. The van der Waals surface area contributed by atoms with Gasteiger partial charge in [0.15, 0.2) is 0 Å². The minimum atomic E-state index is -0.822. The van der Waals surface area contributed by atoms with Gasteiger partial charge in [-0.3, -0.25) is 4.79 Å². The van der Waals surface area contributed by atoms with Crippen molar-refractivity contribution in [2.75, 3.05) is 12.3 Å². The van der Waals surface area contributed by atoms with Gasteiger partial charge >= 0.3 is 0 Å².